The van der Waals surface area contributed by atoms with Crippen molar-refractivity contribution in [1.29, 1.82) is 0 Å². The molecule has 0 fully saturated rings. The number of hydrogen-bond donors (Lipinski definition) is 1. The quantitative estimate of drug-likeness (QED) is 0.698. The summed E-state index contributed by atoms with van der Waals surface area (Å²) in [7, 11) is 0. The van der Waals surface area contributed by atoms with Crippen molar-refractivity contribution in [3.05, 3.63) is 60.2 Å². The van der Waals surface area contributed by atoms with Gasteiger partial charge in [0, 0.05) is 18.2 Å². The summed E-state index contributed by atoms with van der Waals surface area (Å²) in [6.07, 6.45) is 0. The maximum atomic E-state index is 12.2. The number of rotatable bonds is 5. The highest BCUT2D eigenvalue weighted by atomic mass is 32.2. The van der Waals surface area contributed by atoms with Crippen LogP contribution < -0.4 is 5.32 Å². The zero-order chi connectivity index (χ0) is 18.5. The first-order chi connectivity index (χ1) is 12.5. The minimum absolute atomic E-state index is 0.133. The SMILES string of the molecule is CC(=O)n1nc(-c2ccccc2)nc1SCC(=O)Nc1ccc(C)cc1. The van der Waals surface area contributed by atoms with Gasteiger partial charge in [-0.25, -0.2) is 4.98 Å². The van der Waals surface area contributed by atoms with Gasteiger partial charge in [-0.2, -0.15) is 4.68 Å². The van der Waals surface area contributed by atoms with Crippen molar-refractivity contribution in [2.24, 2.45) is 0 Å². The number of anilines is 1. The van der Waals surface area contributed by atoms with Gasteiger partial charge in [0.1, 0.15) is 0 Å². The Morgan fingerprint density at radius 3 is 2.42 bits per heavy atom. The highest BCUT2D eigenvalue weighted by Crippen LogP contribution is 2.22. The number of nitrogens with zero attached hydrogens (tertiary/aromatic N) is 3. The van der Waals surface area contributed by atoms with Crippen LogP contribution >= 0.6 is 11.8 Å². The Bertz CT molecular complexity index is 920. The Morgan fingerprint density at radius 1 is 1.08 bits per heavy atom. The Labute approximate surface area is 155 Å². The first-order valence-corrected chi connectivity index (χ1v) is 9.04. The zero-order valence-corrected chi connectivity index (χ0v) is 15.3. The van der Waals surface area contributed by atoms with Crippen LogP contribution in [0.5, 0.6) is 0 Å². The normalized spacial score (nSPS) is 10.5. The molecule has 3 aromatic rings. The molecule has 1 heterocycles. The van der Waals surface area contributed by atoms with Gasteiger partial charge in [0.05, 0.1) is 5.75 Å². The van der Waals surface area contributed by atoms with E-state index < -0.39 is 0 Å². The van der Waals surface area contributed by atoms with Gasteiger partial charge in [-0.1, -0.05) is 59.8 Å². The molecule has 1 aromatic heterocycles. The molecule has 26 heavy (non-hydrogen) atoms. The fourth-order valence-electron chi connectivity index (χ4n) is 2.27. The topological polar surface area (TPSA) is 76.9 Å². The molecule has 0 spiro atoms. The molecule has 0 radical (unpaired) electrons. The van der Waals surface area contributed by atoms with Crippen LogP contribution in [-0.4, -0.2) is 32.3 Å². The van der Waals surface area contributed by atoms with E-state index in [9.17, 15) is 9.59 Å². The van der Waals surface area contributed by atoms with E-state index in [0.717, 1.165) is 16.8 Å². The number of carbonyl (C=O) groups excluding carboxylic acids is 2. The van der Waals surface area contributed by atoms with Gasteiger partial charge >= 0.3 is 0 Å². The largest absolute Gasteiger partial charge is 0.325 e. The lowest BCUT2D eigenvalue weighted by molar-refractivity contribution is -0.113. The monoisotopic (exact) mass is 366 g/mol. The maximum Gasteiger partial charge on any atom is 0.246 e. The molecule has 0 unspecified atom stereocenters. The van der Waals surface area contributed by atoms with Crippen molar-refractivity contribution in [2.45, 2.75) is 19.0 Å². The van der Waals surface area contributed by atoms with Crippen LogP contribution in [0.15, 0.2) is 59.8 Å². The summed E-state index contributed by atoms with van der Waals surface area (Å²) in [5.41, 5.74) is 2.68. The van der Waals surface area contributed by atoms with E-state index in [-0.39, 0.29) is 17.6 Å². The van der Waals surface area contributed by atoms with Crippen LogP contribution in [0.2, 0.25) is 0 Å². The third-order valence-corrected chi connectivity index (χ3v) is 4.50. The van der Waals surface area contributed by atoms with Gasteiger partial charge in [0.25, 0.3) is 0 Å². The van der Waals surface area contributed by atoms with E-state index in [4.69, 9.17) is 0 Å². The van der Waals surface area contributed by atoms with E-state index >= 15 is 0 Å². The second kappa shape index (κ2) is 7.97. The molecule has 3 rings (SSSR count). The molecule has 7 heteroatoms. The van der Waals surface area contributed by atoms with Crippen molar-refractivity contribution in [2.75, 3.05) is 11.1 Å². The molecule has 0 atom stereocenters. The summed E-state index contributed by atoms with van der Waals surface area (Å²) in [5.74, 6) is 0.176. The van der Waals surface area contributed by atoms with Crippen LogP contribution in [0.25, 0.3) is 11.4 Å². The van der Waals surface area contributed by atoms with Crippen molar-refractivity contribution < 1.29 is 9.59 Å². The molecule has 6 nitrogen and oxygen atoms in total. The molecular weight excluding hydrogens is 348 g/mol. The standard InChI is InChI=1S/C19H18N4O2S/c1-13-8-10-16(11-9-13)20-17(25)12-26-19-21-18(22-23(19)14(2)24)15-6-4-3-5-7-15/h3-11H,12H2,1-2H3,(H,20,25). The molecule has 0 aliphatic heterocycles. The number of aryl methyl sites for hydroxylation is 1. The summed E-state index contributed by atoms with van der Waals surface area (Å²) in [4.78, 5) is 28.4. The summed E-state index contributed by atoms with van der Waals surface area (Å²) in [6, 6.07) is 17.0. The molecule has 0 aliphatic carbocycles. The summed E-state index contributed by atoms with van der Waals surface area (Å²) >= 11 is 1.18. The molecule has 132 valence electrons. The number of benzene rings is 2. The molecule has 0 saturated heterocycles. The van der Waals surface area contributed by atoms with Crippen molar-refractivity contribution in [3.8, 4) is 11.4 Å². The number of nitrogens with one attached hydrogen (secondary N) is 1. The fraction of sp³-hybridized carbons (Fsp3) is 0.158. The minimum Gasteiger partial charge on any atom is -0.325 e. The van der Waals surface area contributed by atoms with Gasteiger partial charge in [-0.3, -0.25) is 9.59 Å². The molecule has 0 bridgehead atoms. The summed E-state index contributed by atoms with van der Waals surface area (Å²) in [5, 5.41) is 7.48. The second-order valence-corrected chi connectivity index (χ2v) is 6.66. The van der Waals surface area contributed by atoms with Crippen LogP contribution in [0.1, 0.15) is 17.3 Å². The van der Waals surface area contributed by atoms with E-state index in [1.807, 2.05) is 61.5 Å². The maximum absolute atomic E-state index is 12.2. The van der Waals surface area contributed by atoms with Crippen LogP contribution in [0.4, 0.5) is 5.69 Å². The van der Waals surface area contributed by atoms with Crippen LogP contribution in [0, 0.1) is 6.92 Å². The molecule has 0 aliphatic rings. The smallest absolute Gasteiger partial charge is 0.246 e. The van der Waals surface area contributed by atoms with E-state index in [1.54, 1.807) is 0 Å². The molecule has 0 saturated carbocycles. The number of hydrogen-bond acceptors (Lipinski definition) is 5. The lowest BCUT2D eigenvalue weighted by Crippen LogP contribution is -2.15. The van der Waals surface area contributed by atoms with Gasteiger partial charge < -0.3 is 5.32 Å². The van der Waals surface area contributed by atoms with Crippen molar-refractivity contribution in [3.63, 3.8) is 0 Å². The van der Waals surface area contributed by atoms with Gasteiger partial charge in [0.15, 0.2) is 11.0 Å². The number of amides is 1. The number of aromatic nitrogens is 3. The Balaban J connectivity index is 1.70. The first kappa shape index (κ1) is 17.9. The van der Waals surface area contributed by atoms with Crippen molar-refractivity contribution in [1.82, 2.24) is 14.8 Å². The summed E-state index contributed by atoms with van der Waals surface area (Å²) < 4.78 is 1.23. The lowest BCUT2D eigenvalue weighted by atomic mass is 10.2. The highest BCUT2D eigenvalue weighted by molar-refractivity contribution is 7.99. The Hall–Kier alpha value is -2.93. The van der Waals surface area contributed by atoms with Crippen LogP contribution in [-0.2, 0) is 4.79 Å². The van der Waals surface area contributed by atoms with E-state index in [1.165, 1.54) is 23.4 Å². The fourth-order valence-corrected chi connectivity index (χ4v) is 3.04. The van der Waals surface area contributed by atoms with Gasteiger partial charge in [-0.15, -0.1) is 5.10 Å². The average Bonchev–Trinajstić information content (AvgIpc) is 3.07. The van der Waals surface area contributed by atoms with Crippen molar-refractivity contribution >= 4 is 29.3 Å². The molecule has 1 N–H and O–H groups in total. The number of thioether (sulfide) groups is 1. The Kier molecular flexibility index (Phi) is 5.48. The zero-order valence-electron chi connectivity index (χ0n) is 14.5. The second-order valence-electron chi connectivity index (χ2n) is 5.72. The molecular formula is C19H18N4O2S. The Morgan fingerprint density at radius 2 is 1.77 bits per heavy atom. The third-order valence-electron chi connectivity index (χ3n) is 3.58. The first-order valence-electron chi connectivity index (χ1n) is 8.05. The molecule has 1 amide bonds. The lowest BCUT2D eigenvalue weighted by Gasteiger charge is -2.05. The highest BCUT2D eigenvalue weighted by Gasteiger charge is 2.16. The van der Waals surface area contributed by atoms with Gasteiger partial charge in [0.2, 0.25) is 11.8 Å². The average molecular weight is 366 g/mol. The molecule has 2 aromatic carbocycles. The number of carbonyl (C=O) groups is 2. The van der Waals surface area contributed by atoms with Crippen LogP contribution in [0.3, 0.4) is 0 Å². The van der Waals surface area contributed by atoms with E-state index in [0.29, 0.717) is 11.0 Å². The van der Waals surface area contributed by atoms with Gasteiger partial charge in [-0.05, 0) is 19.1 Å². The predicted octanol–water partition coefficient (Wildman–Crippen LogP) is 3.64. The van der Waals surface area contributed by atoms with E-state index in [2.05, 4.69) is 15.4 Å². The summed E-state index contributed by atoms with van der Waals surface area (Å²) in [6.45, 7) is 3.40. The minimum atomic E-state index is -0.249. The third kappa shape index (κ3) is 4.37. The predicted molar refractivity (Wildman–Crippen MR) is 102 cm³/mol.